The van der Waals surface area contributed by atoms with E-state index in [0.717, 1.165) is 31.6 Å². The van der Waals surface area contributed by atoms with Gasteiger partial charge in [-0.05, 0) is 31.9 Å². The minimum atomic E-state index is -0.300. The summed E-state index contributed by atoms with van der Waals surface area (Å²) in [7, 11) is 0. The third-order valence-electron chi connectivity index (χ3n) is 4.34. The lowest BCUT2D eigenvalue weighted by atomic mass is 10.1. The molecule has 22 heavy (non-hydrogen) atoms. The summed E-state index contributed by atoms with van der Waals surface area (Å²) in [6.07, 6.45) is 7.95. The third kappa shape index (κ3) is 3.17. The molecule has 1 aliphatic rings. The van der Waals surface area contributed by atoms with E-state index in [2.05, 4.69) is 14.5 Å². The normalized spacial score (nSPS) is 18.7. The fourth-order valence-electron chi connectivity index (χ4n) is 3.13. The largest absolute Gasteiger partial charge is 0.336 e. The first-order valence-corrected chi connectivity index (χ1v) is 7.57. The summed E-state index contributed by atoms with van der Waals surface area (Å²) in [5.74, 6) is 0. The van der Waals surface area contributed by atoms with Gasteiger partial charge in [-0.3, -0.25) is 15.0 Å². The third-order valence-corrected chi connectivity index (χ3v) is 4.34. The number of aryl methyl sites for hydroxylation is 1. The van der Waals surface area contributed by atoms with Gasteiger partial charge in [-0.15, -0.1) is 0 Å². The van der Waals surface area contributed by atoms with Crippen molar-refractivity contribution in [3.05, 3.63) is 58.2 Å². The van der Waals surface area contributed by atoms with Crippen molar-refractivity contribution in [1.29, 1.82) is 0 Å². The van der Waals surface area contributed by atoms with Crippen molar-refractivity contribution in [2.24, 2.45) is 0 Å². The van der Waals surface area contributed by atoms with Gasteiger partial charge in [0.25, 0.3) is 5.69 Å². The lowest BCUT2D eigenvalue weighted by molar-refractivity contribution is -0.385. The van der Waals surface area contributed by atoms with Gasteiger partial charge in [0.05, 0.1) is 11.3 Å². The monoisotopic (exact) mass is 300 g/mol. The molecular formula is C16H20N4O2. The van der Waals surface area contributed by atoms with Gasteiger partial charge in [0.15, 0.2) is 0 Å². The van der Waals surface area contributed by atoms with Crippen LogP contribution in [0, 0.1) is 17.0 Å². The van der Waals surface area contributed by atoms with Crippen LogP contribution in [-0.4, -0.2) is 32.0 Å². The molecule has 2 aromatic rings. The average Bonchev–Trinajstić information content (AvgIpc) is 3.14. The van der Waals surface area contributed by atoms with E-state index in [1.54, 1.807) is 19.2 Å². The Kier molecular flexibility index (Phi) is 4.20. The Labute approximate surface area is 129 Å². The Morgan fingerprint density at radius 3 is 3.05 bits per heavy atom. The predicted octanol–water partition coefficient (Wildman–Crippen LogP) is 2.76. The van der Waals surface area contributed by atoms with Gasteiger partial charge >= 0.3 is 0 Å². The zero-order valence-corrected chi connectivity index (χ0v) is 12.7. The Hall–Kier alpha value is -2.21. The molecule has 116 valence electrons. The fraction of sp³-hybridized carbons (Fsp3) is 0.438. The molecule has 0 N–H and O–H groups in total. The standard InChI is InChI=1S/C16H20N4O2/c1-13-4-5-14(9-16(13)20(21)22)10-19-7-2-3-15(19)11-18-8-6-17-12-18/h4-6,8-9,12,15H,2-3,7,10-11H2,1H3. The zero-order valence-electron chi connectivity index (χ0n) is 12.7. The number of benzene rings is 1. The second-order valence-corrected chi connectivity index (χ2v) is 5.90. The van der Waals surface area contributed by atoms with Crippen molar-refractivity contribution >= 4 is 5.69 Å². The van der Waals surface area contributed by atoms with Crippen LogP contribution in [-0.2, 0) is 13.1 Å². The highest BCUT2D eigenvalue weighted by atomic mass is 16.6. The van der Waals surface area contributed by atoms with Gasteiger partial charge < -0.3 is 4.57 Å². The molecule has 0 radical (unpaired) electrons. The van der Waals surface area contributed by atoms with E-state index in [1.165, 1.54) is 6.42 Å². The molecule has 1 unspecified atom stereocenters. The summed E-state index contributed by atoms with van der Waals surface area (Å²) < 4.78 is 2.10. The van der Waals surface area contributed by atoms with Crippen LogP contribution < -0.4 is 0 Å². The number of nitro groups is 1. The van der Waals surface area contributed by atoms with Crippen LogP contribution in [0.1, 0.15) is 24.0 Å². The maximum absolute atomic E-state index is 11.1. The van der Waals surface area contributed by atoms with Gasteiger partial charge in [-0.25, -0.2) is 4.98 Å². The van der Waals surface area contributed by atoms with Crippen molar-refractivity contribution in [3.8, 4) is 0 Å². The van der Waals surface area contributed by atoms with E-state index in [9.17, 15) is 10.1 Å². The number of nitro benzene ring substituents is 1. The highest BCUT2D eigenvalue weighted by molar-refractivity contribution is 5.42. The maximum atomic E-state index is 11.1. The molecule has 6 nitrogen and oxygen atoms in total. The summed E-state index contributed by atoms with van der Waals surface area (Å²) >= 11 is 0. The van der Waals surface area contributed by atoms with E-state index in [-0.39, 0.29) is 10.6 Å². The molecule has 0 saturated carbocycles. The second kappa shape index (κ2) is 6.27. The Balaban J connectivity index is 1.71. The van der Waals surface area contributed by atoms with E-state index in [0.29, 0.717) is 11.6 Å². The lowest BCUT2D eigenvalue weighted by Crippen LogP contribution is -2.32. The molecule has 0 spiro atoms. The van der Waals surface area contributed by atoms with E-state index < -0.39 is 0 Å². The fourth-order valence-corrected chi connectivity index (χ4v) is 3.13. The summed E-state index contributed by atoms with van der Waals surface area (Å²) in [5, 5.41) is 11.1. The molecule has 0 bridgehead atoms. The molecule has 3 rings (SSSR count). The highest BCUT2D eigenvalue weighted by Crippen LogP contribution is 2.24. The van der Waals surface area contributed by atoms with Crippen LogP contribution in [0.2, 0.25) is 0 Å². The molecule has 1 aromatic heterocycles. The molecule has 1 atom stereocenters. The van der Waals surface area contributed by atoms with Gasteiger partial charge in [-0.1, -0.05) is 12.1 Å². The van der Waals surface area contributed by atoms with Crippen LogP contribution in [0.4, 0.5) is 5.69 Å². The van der Waals surface area contributed by atoms with Crippen LogP contribution in [0.5, 0.6) is 0 Å². The van der Waals surface area contributed by atoms with Crippen molar-refractivity contribution in [2.75, 3.05) is 6.54 Å². The number of hydrogen-bond donors (Lipinski definition) is 0. The average molecular weight is 300 g/mol. The maximum Gasteiger partial charge on any atom is 0.272 e. The number of hydrogen-bond acceptors (Lipinski definition) is 4. The van der Waals surface area contributed by atoms with Crippen LogP contribution in [0.3, 0.4) is 0 Å². The number of nitrogens with zero attached hydrogens (tertiary/aromatic N) is 4. The van der Waals surface area contributed by atoms with Crippen LogP contribution >= 0.6 is 0 Å². The predicted molar refractivity (Wildman–Crippen MR) is 83.5 cm³/mol. The summed E-state index contributed by atoms with van der Waals surface area (Å²) in [5.41, 5.74) is 1.93. The summed E-state index contributed by atoms with van der Waals surface area (Å²) in [6.45, 7) is 4.51. The van der Waals surface area contributed by atoms with Crippen LogP contribution in [0.25, 0.3) is 0 Å². The minimum Gasteiger partial charge on any atom is -0.336 e. The van der Waals surface area contributed by atoms with Crippen molar-refractivity contribution < 1.29 is 4.92 Å². The quantitative estimate of drug-likeness (QED) is 0.629. The summed E-state index contributed by atoms with van der Waals surface area (Å²) in [4.78, 5) is 17.3. The van der Waals surface area contributed by atoms with Crippen molar-refractivity contribution in [1.82, 2.24) is 14.5 Å². The number of aromatic nitrogens is 2. The molecule has 0 aliphatic carbocycles. The highest BCUT2D eigenvalue weighted by Gasteiger charge is 2.25. The van der Waals surface area contributed by atoms with Crippen LogP contribution in [0.15, 0.2) is 36.9 Å². The zero-order chi connectivity index (χ0) is 15.5. The smallest absolute Gasteiger partial charge is 0.272 e. The Morgan fingerprint density at radius 2 is 2.32 bits per heavy atom. The minimum absolute atomic E-state index is 0.211. The van der Waals surface area contributed by atoms with Gasteiger partial charge in [0, 0.05) is 43.2 Å². The Morgan fingerprint density at radius 1 is 1.45 bits per heavy atom. The van der Waals surface area contributed by atoms with E-state index in [4.69, 9.17) is 0 Å². The molecule has 1 saturated heterocycles. The SMILES string of the molecule is Cc1ccc(CN2CCCC2Cn2ccnc2)cc1[N+](=O)[O-]. The second-order valence-electron chi connectivity index (χ2n) is 5.90. The van der Waals surface area contributed by atoms with Gasteiger partial charge in [-0.2, -0.15) is 0 Å². The van der Waals surface area contributed by atoms with Gasteiger partial charge in [0.1, 0.15) is 0 Å². The molecule has 1 aromatic carbocycles. The summed E-state index contributed by atoms with van der Waals surface area (Å²) in [6, 6.07) is 6.01. The number of imidazole rings is 1. The first-order chi connectivity index (χ1) is 10.6. The van der Waals surface area contributed by atoms with E-state index >= 15 is 0 Å². The van der Waals surface area contributed by atoms with Crippen molar-refractivity contribution in [2.45, 2.75) is 38.9 Å². The molecule has 2 heterocycles. The van der Waals surface area contributed by atoms with E-state index in [1.807, 2.05) is 24.7 Å². The first-order valence-electron chi connectivity index (χ1n) is 7.57. The molecule has 6 heteroatoms. The topological polar surface area (TPSA) is 64.2 Å². The first kappa shape index (κ1) is 14.7. The lowest BCUT2D eigenvalue weighted by Gasteiger charge is -2.24. The number of likely N-dealkylation sites (tertiary alicyclic amines) is 1. The Bertz CT molecular complexity index is 654. The molecule has 1 aliphatic heterocycles. The van der Waals surface area contributed by atoms with Gasteiger partial charge in [0.2, 0.25) is 0 Å². The number of rotatable bonds is 5. The van der Waals surface area contributed by atoms with Crippen molar-refractivity contribution in [3.63, 3.8) is 0 Å². The molecule has 0 amide bonds. The molecule has 1 fully saturated rings. The molecular weight excluding hydrogens is 280 g/mol.